The summed E-state index contributed by atoms with van der Waals surface area (Å²) in [6, 6.07) is 58.1. The number of hydrogen-bond acceptors (Lipinski definition) is 6. The molecule has 0 N–H and O–H groups in total. The van der Waals surface area contributed by atoms with Gasteiger partial charge in [0.05, 0.1) is 11.4 Å². The maximum atomic E-state index is 7.20. The number of furan rings is 4. The molecule has 0 fully saturated rings. The van der Waals surface area contributed by atoms with Gasteiger partial charge in [-0.1, -0.05) is 96.1 Å². The molecule has 6 heterocycles. The predicted octanol–water partition coefficient (Wildman–Crippen LogP) is 14.7. The van der Waals surface area contributed by atoms with Gasteiger partial charge >= 0.3 is 6.71 Å². The number of nitrogens with zero attached hydrogens (tertiary/aromatic N) is 2. The fraction of sp³-hybridized carbons (Fsp3) is 0.138. The van der Waals surface area contributed by atoms with Crippen molar-refractivity contribution in [1.82, 2.24) is 0 Å². The van der Waals surface area contributed by atoms with Crippen LogP contribution in [0, 0.1) is 0 Å². The highest BCUT2D eigenvalue weighted by Gasteiger charge is 2.49. The predicted molar refractivity (Wildman–Crippen MR) is 268 cm³/mol. The zero-order valence-electron chi connectivity index (χ0n) is 37.2. The Kier molecular flexibility index (Phi) is 7.83. The molecule has 0 saturated heterocycles. The van der Waals surface area contributed by atoms with Gasteiger partial charge < -0.3 is 27.5 Å². The summed E-state index contributed by atoms with van der Waals surface area (Å²) in [7, 11) is 0. The number of para-hydroxylation sites is 2. The lowest BCUT2D eigenvalue weighted by molar-refractivity contribution is 0.590. The van der Waals surface area contributed by atoms with E-state index in [1.807, 2.05) is 36.4 Å². The highest BCUT2D eigenvalue weighted by Crippen LogP contribution is 2.50. The maximum absolute atomic E-state index is 7.20. The van der Waals surface area contributed by atoms with E-state index in [1.54, 1.807) is 0 Å². The van der Waals surface area contributed by atoms with Gasteiger partial charge in [0.2, 0.25) is 0 Å². The molecule has 6 nitrogen and oxygen atoms in total. The third-order valence-corrected chi connectivity index (χ3v) is 13.6. The first kappa shape index (κ1) is 37.9. The van der Waals surface area contributed by atoms with Crippen LogP contribution in [-0.4, -0.2) is 6.71 Å². The van der Waals surface area contributed by atoms with Crippen molar-refractivity contribution in [3.63, 3.8) is 0 Å². The molecule has 0 amide bonds. The summed E-state index contributed by atoms with van der Waals surface area (Å²) in [6.07, 6.45) is 0. The van der Waals surface area contributed by atoms with Crippen LogP contribution in [0.3, 0.4) is 0 Å². The molecule has 2 aliphatic rings. The molecule has 314 valence electrons. The minimum Gasteiger partial charge on any atom is -0.468 e. The summed E-state index contributed by atoms with van der Waals surface area (Å²) in [5.41, 5.74) is 16.9. The van der Waals surface area contributed by atoms with E-state index in [4.69, 9.17) is 17.7 Å². The summed E-state index contributed by atoms with van der Waals surface area (Å²) in [5.74, 6) is 1.68. The van der Waals surface area contributed by atoms with Crippen LogP contribution in [0.25, 0.3) is 66.5 Å². The minimum absolute atomic E-state index is 0.0703. The van der Waals surface area contributed by atoms with Crippen LogP contribution in [0.4, 0.5) is 34.1 Å². The van der Waals surface area contributed by atoms with E-state index in [0.717, 1.165) is 117 Å². The molecule has 7 aromatic carbocycles. The number of anilines is 6. The highest BCUT2D eigenvalue weighted by atomic mass is 16.4. The standard InChI is InChI=1S/C58H45BN2O4/c1-57(2,3)38-22-28-48-42(32-38)53-55(64-48)59-52-44(60(53)40-24-18-34(19-25-40)50-30-36-12-7-9-16-46(36)62-50)14-11-15-45(52)61(54-43-33-39(58(4,5)6)23-29-49(43)65-56(54)59)41-26-20-35(21-27-41)51-31-37-13-8-10-17-47(37)63-51/h7-33H,1-6H3. The largest absolute Gasteiger partial charge is 0.468 e. The number of hydrogen-bond donors (Lipinski definition) is 0. The van der Waals surface area contributed by atoms with Crippen molar-refractivity contribution in [3.8, 4) is 22.6 Å². The summed E-state index contributed by atoms with van der Waals surface area (Å²) in [4.78, 5) is 4.80. The van der Waals surface area contributed by atoms with E-state index >= 15 is 0 Å². The Labute approximate surface area is 377 Å². The lowest BCUT2D eigenvalue weighted by Crippen LogP contribution is -2.60. The van der Waals surface area contributed by atoms with E-state index < -0.39 is 0 Å². The molecular formula is C58H45BN2O4. The molecule has 0 spiro atoms. The van der Waals surface area contributed by atoms with Crippen molar-refractivity contribution in [2.45, 2.75) is 52.4 Å². The van der Waals surface area contributed by atoms with Crippen LogP contribution in [0.1, 0.15) is 52.7 Å². The van der Waals surface area contributed by atoms with E-state index in [0.29, 0.717) is 0 Å². The van der Waals surface area contributed by atoms with Gasteiger partial charge in [0, 0.05) is 55.4 Å². The molecule has 11 aromatic rings. The molecule has 7 heteroatoms. The fourth-order valence-electron chi connectivity index (χ4n) is 10.2. The third kappa shape index (κ3) is 5.74. The van der Waals surface area contributed by atoms with Crippen LogP contribution in [0.5, 0.6) is 0 Å². The fourth-order valence-corrected chi connectivity index (χ4v) is 10.2. The second-order valence-electron chi connectivity index (χ2n) is 19.8. The van der Waals surface area contributed by atoms with Crippen LogP contribution >= 0.6 is 0 Å². The van der Waals surface area contributed by atoms with Crippen LogP contribution in [-0.2, 0) is 10.8 Å². The van der Waals surface area contributed by atoms with Gasteiger partial charge in [0.1, 0.15) is 45.2 Å². The Hall–Kier alpha value is -7.64. The van der Waals surface area contributed by atoms with Crippen LogP contribution in [0.2, 0.25) is 0 Å². The zero-order valence-corrected chi connectivity index (χ0v) is 37.2. The number of fused-ring (bicyclic) bond motifs is 10. The van der Waals surface area contributed by atoms with Crippen molar-refractivity contribution in [3.05, 3.63) is 175 Å². The Morgan fingerprint density at radius 3 is 1.25 bits per heavy atom. The Bertz CT molecular complexity index is 3400. The average Bonchev–Trinajstić information content (AvgIpc) is 4.11. The summed E-state index contributed by atoms with van der Waals surface area (Å²) >= 11 is 0. The number of rotatable bonds is 4. The monoisotopic (exact) mass is 844 g/mol. The van der Waals surface area contributed by atoms with Crippen molar-refractivity contribution < 1.29 is 17.7 Å². The van der Waals surface area contributed by atoms with Crippen LogP contribution in [0.15, 0.2) is 181 Å². The van der Waals surface area contributed by atoms with Gasteiger partial charge in [-0.2, -0.15) is 0 Å². The summed E-state index contributed by atoms with van der Waals surface area (Å²) in [6.45, 7) is 13.3. The average molecular weight is 845 g/mol. The Balaban J connectivity index is 1.05. The lowest BCUT2D eigenvalue weighted by atomic mass is 9.37. The van der Waals surface area contributed by atoms with Gasteiger partial charge in [0.25, 0.3) is 0 Å². The third-order valence-electron chi connectivity index (χ3n) is 13.6. The first-order valence-corrected chi connectivity index (χ1v) is 22.5. The van der Waals surface area contributed by atoms with E-state index in [9.17, 15) is 0 Å². The molecule has 2 aliphatic heterocycles. The quantitative estimate of drug-likeness (QED) is 0.165. The summed E-state index contributed by atoms with van der Waals surface area (Å²) < 4.78 is 27.1. The van der Waals surface area contributed by atoms with Gasteiger partial charge in [-0.25, -0.2) is 0 Å². The zero-order chi connectivity index (χ0) is 43.9. The second kappa shape index (κ2) is 13.4. The van der Waals surface area contributed by atoms with Crippen molar-refractivity contribution in [1.29, 1.82) is 0 Å². The Morgan fingerprint density at radius 2 is 0.831 bits per heavy atom. The van der Waals surface area contributed by atoms with Crippen molar-refractivity contribution in [2.75, 3.05) is 9.80 Å². The minimum atomic E-state index is -0.320. The van der Waals surface area contributed by atoms with E-state index in [-0.39, 0.29) is 17.5 Å². The smallest absolute Gasteiger partial charge is 0.342 e. The molecule has 4 aromatic heterocycles. The molecule has 0 saturated carbocycles. The topological polar surface area (TPSA) is 59.0 Å². The van der Waals surface area contributed by atoms with Gasteiger partial charge in [-0.3, -0.25) is 0 Å². The van der Waals surface area contributed by atoms with E-state index in [1.165, 1.54) is 11.1 Å². The SMILES string of the molecule is CC(C)(C)c1ccc2oc3c(c2c1)N(c1ccc(-c2cc4ccccc4o2)cc1)c1cccc2c1B3c1oc3ccc(C(C)(C)C)cc3c1N2c1ccc(-c2cc3ccccc3o2)cc1. The number of benzene rings is 7. The lowest BCUT2D eigenvalue weighted by Gasteiger charge is -2.40. The van der Waals surface area contributed by atoms with Crippen molar-refractivity contribution >= 4 is 101 Å². The molecule has 0 aliphatic carbocycles. The summed E-state index contributed by atoms with van der Waals surface area (Å²) in [5, 5.41) is 4.31. The van der Waals surface area contributed by atoms with E-state index in [2.05, 4.69) is 179 Å². The highest BCUT2D eigenvalue weighted by molar-refractivity contribution is 6.99. The molecule has 0 radical (unpaired) electrons. The first-order valence-electron chi connectivity index (χ1n) is 22.5. The Morgan fingerprint density at radius 1 is 0.400 bits per heavy atom. The van der Waals surface area contributed by atoms with Gasteiger partial charge in [0.15, 0.2) is 0 Å². The molecule has 65 heavy (non-hydrogen) atoms. The van der Waals surface area contributed by atoms with Crippen molar-refractivity contribution in [2.24, 2.45) is 0 Å². The maximum Gasteiger partial charge on any atom is 0.342 e. The first-order chi connectivity index (χ1) is 31.5. The molecule has 13 rings (SSSR count). The molecule has 0 bridgehead atoms. The normalized spacial score (nSPS) is 13.6. The second-order valence-corrected chi connectivity index (χ2v) is 19.8. The van der Waals surface area contributed by atoms with Gasteiger partial charge in [-0.15, -0.1) is 0 Å². The molecule has 0 atom stereocenters. The van der Waals surface area contributed by atoms with Crippen LogP contribution < -0.4 is 26.6 Å². The molecular weight excluding hydrogens is 799 g/mol. The molecule has 0 unspecified atom stereocenters. The van der Waals surface area contributed by atoms with Gasteiger partial charge in [-0.05, 0) is 137 Å².